The van der Waals surface area contributed by atoms with Gasteiger partial charge >= 0.3 is 0 Å². The van der Waals surface area contributed by atoms with Gasteiger partial charge in [-0.3, -0.25) is 0 Å². The van der Waals surface area contributed by atoms with Crippen molar-refractivity contribution in [3.8, 4) is 11.1 Å². The fourth-order valence-electron chi connectivity index (χ4n) is 4.81. The molecule has 2 aromatic rings. The van der Waals surface area contributed by atoms with Crippen LogP contribution in [0.4, 0.5) is 0 Å². The molecule has 0 atom stereocenters. The molecule has 1 aliphatic rings. The van der Waals surface area contributed by atoms with Crippen LogP contribution in [0.1, 0.15) is 104 Å². The zero-order chi connectivity index (χ0) is 24.1. The summed E-state index contributed by atoms with van der Waals surface area (Å²) in [5.41, 5.74) is 13.2. The second-order valence-corrected chi connectivity index (χ2v) is 12.9. The maximum absolute atomic E-state index is 2.49. The fraction of sp³-hybridized carbons (Fsp3) is 0.500. The van der Waals surface area contributed by atoms with Gasteiger partial charge in [0, 0.05) is 0 Å². The Labute approximate surface area is 197 Å². The van der Waals surface area contributed by atoms with Gasteiger partial charge in [-0.15, -0.1) is 0 Å². The highest BCUT2D eigenvalue weighted by Crippen LogP contribution is 2.47. The lowest BCUT2D eigenvalue weighted by molar-refractivity contribution is 0.515. The van der Waals surface area contributed by atoms with Gasteiger partial charge in [0.05, 0.1) is 0 Å². The minimum Gasteiger partial charge on any atom is -0.0798 e. The van der Waals surface area contributed by atoms with Crippen LogP contribution >= 0.6 is 0 Å². The van der Waals surface area contributed by atoms with Crippen LogP contribution in [-0.2, 0) is 10.8 Å². The van der Waals surface area contributed by atoms with E-state index < -0.39 is 0 Å². The Morgan fingerprint density at radius 3 is 1.75 bits per heavy atom. The second-order valence-electron chi connectivity index (χ2n) is 12.9. The highest BCUT2D eigenvalue weighted by atomic mass is 14.3. The molecule has 32 heavy (non-hydrogen) atoms. The molecule has 1 aliphatic carbocycles. The molecule has 0 aromatic heterocycles. The highest BCUT2D eigenvalue weighted by Gasteiger charge is 2.28. The van der Waals surface area contributed by atoms with Crippen LogP contribution in [0.25, 0.3) is 16.7 Å². The SMILES string of the molecule is CC1=C(c2c(C)cccc2-c2cc(C(C)(C)C)cc(C(C)(C)C)c2)C(C(C)(C)C)=CCC1. The third-order valence-electron chi connectivity index (χ3n) is 6.87. The van der Waals surface area contributed by atoms with Gasteiger partial charge in [-0.05, 0) is 87.5 Å². The normalized spacial score (nSPS) is 15.8. The molecule has 0 saturated heterocycles. The van der Waals surface area contributed by atoms with Crippen molar-refractivity contribution in [3.63, 3.8) is 0 Å². The quantitative estimate of drug-likeness (QED) is 0.446. The van der Waals surface area contributed by atoms with E-state index in [9.17, 15) is 0 Å². The molecule has 0 spiro atoms. The van der Waals surface area contributed by atoms with Crippen LogP contribution in [0.5, 0.6) is 0 Å². The predicted molar refractivity (Wildman–Crippen MR) is 143 cm³/mol. The van der Waals surface area contributed by atoms with Crippen LogP contribution in [-0.4, -0.2) is 0 Å². The Bertz CT molecular complexity index is 1030. The van der Waals surface area contributed by atoms with Gasteiger partial charge in [0.25, 0.3) is 0 Å². The Kier molecular flexibility index (Phi) is 6.42. The van der Waals surface area contributed by atoms with E-state index in [1.165, 1.54) is 50.1 Å². The van der Waals surface area contributed by atoms with Crippen LogP contribution < -0.4 is 0 Å². The Balaban J connectivity index is 2.36. The summed E-state index contributed by atoms with van der Waals surface area (Å²) in [5, 5.41) is 0. The zero-order valence-electron chi connectivity index (χ0n) is 22.5. The van der Waals surface area contributed by atoms with Gasteiger partial charge in [-0.25, -0.2) is 0 Å². The molecule has 3 rings (SSSR count). The minimum atomic E-state index is 0.108. The van der Waals surface area contributed by atoms with Crippen LogP contribution in [0.3, 0.4) is 0 Å². The number of hydrogen-bond acceptors (Lipinski definition) is 0. The Hall–Kier alpha value is -2.08. The summed E-state index contributed by atoms with van der Waals surface area (Å²) >= 11 is 0. The molecule has 0 amide bonds. The summed E-state index contributed by atoms with van der Waals surface area (Å²) in [6.07, 6.45) is 4.79. The predicted octanol–water partition coefficient (Wildman–Crippen LogP) is 9.80. The van der Waals surface area contributed by atoms with E-state index in [0.717, 1.165) is 12.8 Å². The van der Waals surface area contributed by atoms with E-state index >= 15 is 0 Å². The molecule has 0 heterocycles. The van der Waals surface area contributed by atoms with Gasteiger partial charge in [0.1, 0.15) is 0 Å². The smallest absolute Gasteiger partial charge is 0.00738 e. The van der Waals surface area contributed by atoms with Gasteiger partial charge in [-0.1, -0.05) is 110 Å². The molecule has 0 N–H and O–H groups in total. The molecule has 0 nitrogen and oxygen atoms in total. The van der Waals surface area contributed by atoms with E-state index in [4.69, 9.17) is 0 Å². The van der Waals surface area contributed by atoms with Crippen molar-refractivity contribution in [2.24, 2.45) is 5.41 Å². The highest BCUT2D eigenvalue weighted by molar-refractivity contribution is 5.92. The van der Waals surface area contributed by atoms with Crippen LogP contribution in [0, 0.1) is 12.3 Å². The van der Waals surface area contributed by atoms with Crippen molar-refractivity contribution < 1.29 is 0 Å². The molecule has 2 aromatic carbocycles. The van der Waals surface area contributed by atoms with Gasteiger partial charge in [0.15, 0.2) is 0 Å². The van der Waals surface area contributed by atoms with Crippen molar-refractivity contribution in [3.05, 3.63) is 75.9 Å². The third kappa shape index (κ3) is 4.95. The lowest BCUT2D eigenvalue weighted by atomic mass is 9.72. The average Bonchev–Trinajstić information content (AvgIpc) is 2.65. The number of rotatable bonds is 2. The lowest BCUT2D eigenvalue weighted by Gasteiger charge is -2.33. The standard InChI is InChI=1S/C32H44/c1-21-14-12-16-26(28(21)29-22(2)15-13-17-27(29)32(9,10)11)23-18-24(30(3,4)5)20-25(19-23)31(6,7)8/h12,14,16-20H,13,15H2,1-11H3. The molecule has 0 fully saturated rings. The van der Waals surface area contributed by atoms with E-state index in [0.29, 0.717) is 0 Å². The first-order valence-electron chi connectivity index (χ1n) is 12.3. The fourth-order valence-corrected chi connectivity index (χ4v) is 4.81. The number of hydrogen-bond donors (Lipinski definition) is 0. The van der Waals surface area contributed by atoms with Gasteiger partial charge in [0.2, 0.25) is 0 Å². The summed E-state index contributed by atoms with van der Waals surface area (Å²) in [6, 6.07) is 14.1. The van der Waals surface area contributed by atoms with E-state index in [1.54, 1.807) is 0 Å². The number of benzene rings is 2. The molecule has 0 radical (unpaired) electrons. The maximum atomic E-state index is 2.49. The molecule has 0 saturated carbocycles. The summed E-state index contributed by atoms with van der Waals surface area (Å²) in [6.45, 7) is 25.6. The molecule has 0 unspecified atom stereocenters. The first-order chi connectivity index (χ1) is 14.6. The first kappa shape index (κ1) is 24.6. The van der Waals surface area contributed by atoms with E-state index in [1.807, 2.05) is 0 Å². The molecule has 172 valence electrons. The summed E-state index contributed by atoms with van der Waals surface area (Å²) in [5.74, 6) is 0. The van der Waals surface area contributed by atoms with E-state index in [2.05, 4.69) is 119 Å². The van der Waals surface area contributed by atoms with Crippen molar-refractivity contribution >= 4 is 5.57 Å². The molecular weight excluding hydrogens is 384 g/mol. The number of aryl methyl sites for hydroxylation is 1. The molecule has 0 aliphatic heterocycles. The van der Waals surface area contributed by atoms with E-state index in [-0.39, 0.29) is 16.2 Å². The van der Waals surface area contributed by atoms with Gasteiger partial charge < -0.3 is 0 Å². The minimum absolute atomic E-state index is 0.108. The van der Waals surface area contributed by atoms with Gasteiger partial charge in [-0.2, -0.15) is 0 Å². The molecule has 0 bridgehead atoms. The summed E-state index contributed by atoms with van der Waals surface area (Å²) < 4.78 is 0. The largest absolute Gasteiger partial charge is 0.0798 e. The average molecular weight is 429 g/mol. The first-order valence-corrected chi connectivity index (χ1v) is 12.3. The zero-order valence-corrected chi connectivity index (χ0v) is 22.5. The van der Waals surface area contributed by atoms with Crippen molar-refractivity contribution in [1.82, 2.24) is 0 Å². The topological polar surface area (TPSA) is 0 Å². The van der Waals surface area contributed by atoms with Crippen molar-refractivity contribution in [1.29, 1.82) is 0 Å². The molecule has 0 heteroatoms. The summed E-state index contributed by atoms with van der Waals surface area (Å²) in [4.78, 5) is 0. The summed E-state index contributed by atoms with van der Waals surface area (Å²) in [7, 11) is 0. The lowest BCUT2D eigenvalue weighted by Crippen LogP contribution is -2.17. The molecular formula is C32H44. The second kappa shape index (κ2) is 8.36. The third-order valence-corrected chi connectivity index (χ3v) is 6.87. The van der Waals surface area contributed by atoms with Crippen molar-refractivity contribution in [2.45, 2.75) is 99.8 Å². The Morgan fingerprint density at radius 1 is 0.688 bits per heavy atom. The van der Waals surface area contributed by atoms with Crippen LogP contribution in [0.15, 0.2) is 53.6 Å². The van der Waals surface area contributed by atoms with Crippen LogP contribution in [0.2, 0.25) is 0 Å². The number of allylic oxidation sites excluding steroid dienone is 4. The Morgan fingerprint density at radius 2 is 1.25 bits per heavy atom. The van der Waals surface area contributed by atoms with Crippen molar-refractivity contribution in [2.75, 3.05) is 0 Å². The maximum Gasteiger partial charge on any atom is -0.00738 e. The monoisotopic (exact) mass is 428 g/mol.